The highest BCUT2D eigenvalue weighted by molar-refractivity contribution is 7.92. The molecule has 0 aliphatic heterocycles. The van der Waals surface area contributed by atoms with E-state index in [-0.39, 0.29) is 16.5 Å². The Hall–Kier alpha value is -2.13. The van der Waals surface area contributed by atoms with Crippen molar-refractivity contribution in [1.82, 2.24) is 9.78 Å². The van der Waals surface area contributed by atoms with Gasteiger partial charge in [-0.25, -0.2) is 17.6 Å². The number of hydrogen-bond acceptors (Lipinski definition) is 4. The summed E-state index contributed by atoms with van der Waals surface area (Å²) in [5.74, 6) is -2.61. The summed E-state index contributed by atoms with van der Waals surface area (Å²) in [5, 5.41) is 12.2. The first-order valence-corrected chi connectivity index (χ1v) is 7.32. The second kappa shape index (κ2) is 5.34. The number of aromatic nitrogens is 2. The van der Waals surface area contributed by atoms with Gasteiger partial charge in [0.15, 0.2) is 11.6 Å². The minimum absolute atomic E-state index is 0.223. The van der Waals surface area contributed by atoms with E-state index in [9.17, 15) is 17.6 Å². The van der Waals surface area contributed by atoms with Crippen molar-refractivity contribution in [1.29, 1.82) is 0 Å². The van der Waals surface area contributed by atoms with Crippen LogP contribution in [0.15, 0.2) is 29.2 Å². The van der Waals surface area contributed by atoms with Gasteiger partial charge in [0.1, 0.15) is 10.6 Å². The number of aromatic carboxylic acids is 1. The number of aryl methyl sites for hydroxylation is 1. The smallest absolute Gasteiger partial charge is 0.354 e. The normalized spacial score (nSPS) is 11.4. The SMILES string of the molecule is Cn1nc(NS(=O)(=O)c2cccc(Cl)c2F)cc1C(=O)O. The lowest BCUT2D eigenvalue weighted by Gasteiger charge is -2.07. The standard InChI is InChI=1S/C11H9ClFN3O4S/c1-16-7(11(17)18)5-9(14-16)15-21(19,20)8-4-2-3-6(12)10(8)13/h2-5H,1H3,(H,14,15)(H,17,18). The molecule has 2 aromatic rings. The second-order valence-electron chi connectivity index (χ2n) is 4.00. The molecule has 0 bridgehead atoms. The maximum Gasteiger partial charge on any atom is 0.354 e. The third-order valence-electron chi connectivity index (χ3n) is 2.54. The number of halogens is 2. The van der Waals surface area contributed by atoms with Crippen molar-refractivity contribution in [3.05, 3.63) is 40.8 Å². The van der Waals surface area contributed by atoms with Gasteiger partial charge in [0.25, 0.3) is 10.0 Å². The van der Waals surface area contributed by atoms with Crippen LogP contribution in [-0.4, -0.2) is 29.3 Å². The molecule has 0 amide bonds. The van der Waals surface area contributed by atoms with Crippen molar-refractivity contribution in [3.8, 4) is 0 Å². The third-order valence-corrected chi connectivity index (χ3v) is 4.21. The fourth-order valence-corrected chi connectivity index (χ4v) is 2.92. The number of carboxylic acid groups (broad SMARTS) is 1. The van der Waals surface area contributed by atoms with Crippen molar-refractivity contribution < 1.29 is 22.7 Å². The average Bonchev–Trinajstić information content (AvgIpc) is 2.72. The summed E-state index contributed by atoms with van der Waals surface area (Å²) >= 11 is 5.53. The molecule has 0 fully saturated rings. The van der Waals surface area contributed by atoms with E-state index < -0.39 is 26.7 Å². The molecule has 7 nitrogen and oxygen atoms in total. The highest BCUT2D eigenvalue weighted by atomic mass is 35.5. The molecule has 0 spiro atoms. The zero-order valence-corrected chi connectivity index (χ0v) is 12.1. The van der Waals surface area contributed by atoms with Crippen molar-refractivity contribution >= 4 is 33.4 Å². The van der Waals surface area contributed by atoms with Crippen LogP contribution in [0, 0.1) is 5.82 Å². The summed E-state index contributed by atoms with van der Waals surface area (Å²) in [6.07, 6.45) is 0. The minimum atomic E-state index is -4.27. The largest absolute Gasteiger partial charge is 0.477 e. The van der Waals surface area contributed by atoms with Gasteiger partial charge >= 0.3 is 5.97 Å². The monoisotopic (exact) mass is 333 g/mol. The second-order valence-corrected chi connectivity index (χ2v) is 6.06. The maximum absolute atomic E-state index is 13.7. The molecule has 0 unspecified atom stereocenters. The van der Waals surface area contributed by atoms with E-state index in [1.807, 2.05) is 4.72 Å². The zero-order chi connectivity index (χ0) is 15.8. The van der Waals surface area contributed by atoms with Gasteiger partial charge in [-0.3, -0.25) is 9.40 Å². The Morgan fingerprint density at radius 2 is 2.14 bits per heavy atom. The van der Waals surface area contributed by atoms with Gasteiger partial charge in [0.2, 0.25) is 0 Å². The molecule has 112 valence electrons. The zero-order valence-electron chi connectivity index (χ0n) is 10.5. The van der Waals surface area contributed by atoms with E-state index in [1.165, 1.54) is 19.2 Å². The summed E-state index contributed by atoms with van der Waals surface area (Å²) < 4.78 is 40.8. The minimum Gasteiger partial charge on any atom is -0.477 e. The maximum atomic E-state index is 13.7. The van der Waals surface area contributed by atoms with Crippen LogP contribution in [0.4, 0.5) is 10.2 Å². The van der Waals surface area contributed by atoms with Crippen LogP contribution >= 0.6 is 11.6 Å². The van der Waals surface area contributed by atoms with Gasteiger partial charge < -0.3 is 5.11 Å². The molecule has 0 saturated carbocycles. The quantitative estimate of drug-likeness (QED) is 0.887. The Morgan fingerprint density at radius 3 is 2.71 bits per heavy atom. The van der Waals surface area contributed by atoms with E-state index in [4.69, 9.17) is 16.7 Å². The van der Waals surface area contributed by atoms with E-state index >= 15 is 0 Å². The molecule has 2 rings (SSSR count). The lowest BCUT2D eigenvalue weighted by Crippen LogP contribution is -2.15. The molecule has 10 heteroatoms. The van der Waals surface area contributed by atoms with Gasteiger partial charge in [0, 0.05) is 13.1 Å². The molecule has 21 heavy (non-hydrogen) atoms. The van der Waals surface area contributed by atoms with Crippen molar-refractivity contribution in [2.24, 2.45) is 7.05 Å². The average molecular weight is 334 g/mol. The summed E-state index contributed by atoms with van der Waals surface area (Å²) in [6.45, 7) is 0. The molecule has 1 aromatic heterocycles. The van der Waals surface area contributed by atoms with Gasteiger partial charge in [0.05, 0.1) is 5.02 Å². The number of carbonyl (C=O) groups is 1. The molecular weight excluding hydrogens is 325 g/mol. The predicted molar refractivity (Wildman–Crippen MR) is 72.4 cm³/mol. The fraction of sp³-hybridized carbons (Fsp3) is 0.0909. The first kappa shape index (κ1) is 15.3. The fourth-order valence-electron chi connectivity index (χ4n) is 1.60. The molecule has 0 radical (unpaired) electrons. The summed E-state index contributed by atoms with van der Waals surface area (Å²) in [5.41, 5.74) is -0.223. The lowest BCUT2D eigenvalue weighted by atomic mass is 10.3. The van der Waals surface area contributed by atoms with Crippen LogP contribution in [0.3, 0.4) is 0 Å². The molecule has 0 atom stereocenters. The predicted octanol–water partition coefficient (Wildman–Crippen LogP) is 1.71. The van der Waals surface area contributed by atoms with Gasteiger partial charge in [-0.2, -0.15) is 5.10 Å². The van der Waals surface area contributed by atoms with Crippen LogP contribution in [0.25, 0.3) is 0 Å². The van der Waals surface area contributed by atoms with Crippen molar-refractivity contribution in [3.63, 3.8) is 0 Å². The third kappa shape index (κ3) is 2.98. The molecule has 1 aromatic carbocycles. The van der Waals surface area contributed by atoms with Crippen LogP contribution in [0.2, 0.25) is 5.02 Å². The number of nitrogens with one attached hydrogen (secondary N) is 1. The Morgan fingerprint density at radius 1 is 1.48 bits per heavy atom. The molecule has 2 N–H and O–H groups in total. The van der Waals surface area contributed by atoms with Crippen LogP contribution in [0.1, 0.15) is 10.5 Å². The van der Waals surface area contributed by atoms with Gasteiger partial charge in [-0.05, 0) is 12.1 Å². The first-order chi connectivity index (χ1) is 9.72. The summed E-state index contributed by atoms with van der Waals surface area (Å²) in [7, 11) is -2.94. The molecule has 1 heterocycles. The van der Waals surface area contributed by atoms with Crippen molar-refractivity contribution in [2.45, 2.75) is 4.90 Å². The van der Waals surface area contributed by atoms with Gasteiger partial charge in [-0.15, -0.1) is 0 Å². The van der Waals surface area contributed by atoms with E-state index in [0.29, 0.717) is 0 Å². The van der Waals surface area contributed by atoms with E-state index in [2.05, 4.69) is 5.10 Å². The molecule has 0 aliphatic rings. The number of rotatable bonds is 4. The Balaban J connectivity index is 2.40. The first-order valence-electron chi connectivity index (χ1n) is 5.46. The highest BCUT2D eigenvalue weighted by Crippen LogP contribution is 2.23. The lowest BCUT2D eigenvalue weighted by molar-refractivity contribution is 0.0685. The topological polar surface area (TPSA) is 101 Å². The van der Waals surface area contributed by atoms with Gasteiger partial charge in [-0.1, -0.05) is 17.7 Å². The Bertz CT molecular complexity index is 819. The number of sulfonamides is 1. The number of nitrogens with zero attached hydrogens (tertiary/aromatic N) is 2. The summed E-state index contributed by atoms with van der Waals surface area (Å²) in [6, 6.07) is 4.53. The number of hydrogen-bond donors (Lipinski definition) is 2. The highest BCUT2D eigenvalue weighted by Gasteiger charge is 2.23. The number of benzene rings is 1. The Labute approximate surface area is 124 Å². The van der Waals surface area contributed by atoms with E-state index in [1.54, 1.807) is 0 Å². The van der Waals surface area contributed by atoms with E-state index in [0.717, 1.165) is 16.8 Å². The van der Waals surface area contributed by atoms with Crippen LogP contribution < -0.4 is 4.72 Å². The molecule has 0 aliphatic carbocycles. The Kier molecular flexibility index (Phi) is 3.88. The van der Waals surface area contributed by atoms with Crippen molar-refractivity contribution in [2.75, 3.05) is 4.72 Å². The molecule has 0 saturated heterocycles. The summed E-state index contributed by atoms with van der Waals surface area (Å²) in [4.78, 5) is 10.2. The molecular formula is C11H9ClFN3O4S. The number of anilines is 1. The number of carboxylic acids is 1. The van der Waals surface area contributed by atoms with Crippen LogP contribution in [0.5, 0.6) is 0 Å². The van der Waals surface area contributed by atoms with Crippen LogP contribution in [-0.2, 0) is 17.1 Å².